The number of amides is 10. The van der Waals surface area contributed by atoms with E-state index in [0.717, 1.165) is 0 Å². The molecule has 10 amide bonds. The first-order valence-corrected chi connectivity index (χ1v) is 25.2. The van der Waals surface area contributed by atoms with E-state index in [1.54, 1.807) is 91.5 Å². The molecule has 1 aliphatic heterocycles. The number of aromatic nitrogens is 10. The van der Waals surface area contributed by atoms with E-state index in [1.165, 1.54) is 70.9 Å². The number of carbonyl (C=O) groups is 10. The summed E-state index contributed by atoms with van der Waals surface area (Å²) in [7, 11) is 14.6. The average Bonchev–Trinajstić information content (AvgIpc) is 4.32. The van der Waals surface area contributed by atoms with Crippen LogP contribution < -0.4 is 47.9 Å². The van der Waals surface area contributed by atoms with Crippen molar-refractivity contribution in [3.63, 3.8) is 0 Å². The number of nitrogens with one attached hydrogen (secondary N) is 9. The fraction of sp³-hybridized carbons (Fsp3) is 0.360. The zero-order valence-electron chi connectivity index (χ0n) is 46.0. The molecule has 0 saturated heterocycles. The molecule has 0 spiro atoms. The van der Waals surface area contributed by atoms with Crippen molar-refractivity contribution in [2.24, 2.45) is 42.3 Å². The molecule has 1 aliphatic rings. The zero-order valence-corrected chi connectivity index (χ0v) is 46.0. The fourth-order valence-electron chi connectivity index (χ4n) is 8.33. The number of rotatable bonds is 23. The van der Waals surface area contributed by atoms with Gasteiger partial charge in [0.1, 0.15) is 17.4 Å². The molecular weight excluding hydrogens is 1050 g/mol. The van der Waals surface area contributed by atoms with E-state index in [2.05, 4.69) is 67.8 Å². The van der Waals surface area contributed by atoms with Gasteiger partial charge in [0.15, 0.2) is 23.3 Å². The summed E-state index contributed by atoms with van der Waals surface area (Å²) in [6.45, 7) is 0.0807. The lowest BCUT2D eigenvalue weighted by molar-refractivity contribution is -0.125. The maximum absolute atomic E-state index is 13.2. The van der Waals surface area contributed by atoms with Crippen LogP contribution in [0, 0.1) is 0 Å². The van der Waals surface area contributed by atoms with Crippen LogP contribution in [-0.2, 0) is 61.5 Å². The Morgan fingerprint density at radius 2 is 1.01 bits per heavy atom. The minimum absolute atomic E-state index is 0.00304. The molecular formula is C50H63N21O10. The highest BCUT2D eigenvalue weighted by Gasteiger charge is 2.30. The van der Waals surface area contributed by atoms with Crippen molar-refractivity contribution in [3.8, 4) is 0 Å². The molecule has 6 aromatic rings. The van der Waals surface area contributed by atoms with E-state index in [-0.39, 0.29) is 121 Å². The van der Waals surface area contributed by atoms with Gasteiger partial charge < -0.3 is 85.1 Å². The third kappa shape index (κ3) is 14.8. The number of hydrogen-bond acceptors (Lipinski definition) is 15. The number of anilines is 5. The monoisotopic (exact) mass is 1120 g/mol. The number of hydrogen-bond donors (Lipinski definition) is 9. The summed E-state index contributed by atoms with van der Waals surface area (Å²) < 4.78 is 8.92. The standard InChI is InChI=1S/C50H63N21O10/c1-64(2)50(81)43-62-36(27-71(43)9)63-46(77)33-19-28(22-68(33)6)55-38(73)12-16-54-47(78)41-60-34(25-69(41)7)58-37(72)11-10-14-52-44(75)31-21-30(24-66(31)4)57-49(80)42-61-35(26-70(42)8)59-39(74)13-15-53-45(76)32-20-29(23-67(32)5)56-48(79)40-51-17-18-65(40)3/h17-19,21-27,32H,10-16,20H2,1-9H3,(H,52,75)(H,53,76)(H,54,78)(H,55,73)(H,56,79)(H,57,80)(H,58,72)(H,59,74)(H,63,77). The molecule has 7 rings (SSSR count). The Kier molecular flexibility index (Phi) is 18.3. The van der Waals surface area contributed by atoms with E-state index < -0.39 is 53.3 Å². The predicted molar refractivity (Wildman–Crippen MR) is 291 cm³/mol. The number of nitrogens with zero attached hydrogens (tertiary/aromatic N) is 12. The molecule has 31 heteroatoms. The van der Waals surface area contributed by atoms with Crippen molar-refractivity contribution in [2.45, 2.75) is 38.1 Å². The van der Waals surface area contributed by atoms with Crippen molar-refractivity contribution < 1.29 is 47.9 Å². The van der Waals surface area contributed by atoms with Crippen LogP contribution in [0.2, 0.25) is 0 Å². The molecule has 9 N–H and O–H groups in total. The third-order valence-electron chi connectivity index (χ3n) is 12.4. The van der Waals surface area contributed by atoms with Gasteiger partial charge in [-0.15, -0.1) is 0 Å². The smallest absolute Gasteiger partial charge is 0.291 e. The number of aryl methyl sites for hydroxylation is 6. The van der Waals surface area contributed by atoms with Crippen LogP contribution in [0.4, 0.5) is 28.8 Å². The Morgan fingerprint density at radius 3 is 1.62 bits per heavy atom. The number of likely N-dealkylation sites (N-methyl/N-ethyl adjacent to an activating group) is 1. The first kappa shape index (κ1) is 58.3. The van der Waals surface area contributed by atoms with Crippen molar-refractivity contribution in [2.75, 3.05) is 67.4 Å². The van der Waals surface area contributed by atoms with E-state index in [4.69, 9.17) is 0 Å². The lowest BCUT2D eigenvalue weighted by atomic mass is 10.2. The lowest BCUT2D eigenvalue weighted by Gasteiger charge is -2.19. The van der Waals surface area contributed by atoms with Gasteiger partial charge >= 0.3 is 0 Å². The van der Waals surface area contributed by atoms with E-state index in [0.29, 0.717) is 11.4 Å². The number of imidazole rings is 4. The van der Waals surface area contributed by atoms with E-state index in [9.17, 15) is 47.9 Å². The molecule has 1 atom stereocenters. The molecule has 0 aliphatic carbocycles. The maximum atomic E-state index is 13.2. The topological polar surface area (TPSA) is 367 Å². The average molecular weight is 1120 g/mol. The van der Waals surface area contributed by atoms with Gasteiger partial charge in [-0.1, -0.05) is 0 Å². The van der Waals surface area contributed by atoms with E-state index >= 15 is 0 Å². The van der Waals surface area contributed by atoms with Gasteiger partial charge in [0.05, 0.1) is 11.4 Å². The fourth-order valence-corrected chi connectivity index (χ4v) is 8.33. The van der Waals surface area contributed by atoms with Gasteiger partial charge in [-0.25, -0.2) is 19.9 Å². The van der Waals surface area contributed by atoms with Gasteiger partial charge in [0.2, 0.25) is 41.1 Å². The van der Waals surface area contributed by atoms with Crippen LogP contribution >= 0.6 is 0 Å². The zero-order chi connectivity index (χ0) is 58.8. The Labute approximate surface area is 462 Å². The highest BCUT2D eigenvalue weighted by atomic mass is 16.2. The van der Waals surface area contributed by atoms with Gasteiger partial charge in [-0.2, -0.15) is 0 Å². The SMILES string of the molecule is CN(C)C(=O)c1nc(NC(=O)c2cc(NC(=O)CCNC(=O)c3nc(NC(=O)CCCNC(=O)c4cc(NC(=O)c5nc(NC(=O)CCNC(=O)C6CC(NC(=O)c7nccn7C)=CN6C)cn5C)cn4C)cn3C)cn2C)cn1C. The molecule has 31 nitrogen and oxygen atoms in total. The highest BCUT2D eigenvalue weighted by molar-refractivity contribution is 6.05. The summed E-state index contributed by atoms with van der Waals surface area (Å²) in [6, 6.07) is 2.33. The van der Waals surface area contributed by atoms with Gasteiger partial charge in [0.25, 0.3) is 35.4 Å². The molecule has 428 valence electrons. The molecule has 0 fully saturated rings. The minimum Gasteiger partial charge on any atom is -0.367 e. The van der Waals surface area contributed by atoms with Crippen molar-refractivity contribution >= 4 is 87.9 Å². The maximum Gasteiger partial charge on any atom is 0.291 e. The second-order valence-corrected chi connectivity index (χ2v) is 19.1. The van der Waals surface area contributed by atoms with Gasteiger partial charge in [-0.3, -0.25) is 47.9 Å². The van der Waals surface area contributed by atoms with Gasteiger partial charge in [-0.05, 0) is 18.6 Å². The predicted octanol–water partition coefficient (Wildman–Crippen LogP) is -0.168. The third-order valence-corrected chi connectivity index (χ3v) is 12.4. The molecule has 7 heterocycles. The summed E-state index contributed by atoms with van der Waals surface area (Å²) in [6.07, 6.45) is 12.6. The van der Waals surface area contributed by atoms with Crippen molar-refractivity contribution in [1.82, 2.24) is 78.4 Å². The molecule has 1 unspecified atom stereocenters. The molecule has 0 saturated carbocycles. The quantitative estimate of drug-likeness (QED) is 0.0376. The van der Waals surface area contributed by atoms with Crippen LogP contribution in [0.1, 0.15) is 95.6 Å². The first-order chi connectivity index (χ1) is 38.4. The summed E-state index contributed by atoms with van der Waals surface area (Å²) in [5, 5.41) is 24.2. The number of carbonyl (C=O) groups excluding carboxylic acids is 10. The summed E-state index contributed by atoms with van der Waals surface area (Å²) in [4.78, 5) is 148. The summed E-state index contributed by atoms with van der Waals surface area (Å²) >= 11 is 0. The normalized spacial score (nSPS) is 12.7. The summed E-state index contributed by atoms with van der Waals surface area (Å²) in [5.41, 5.74) is 1.59. The van der Waals surface area contributed by atoms with Crippen LogP contribution in [0.15, 0.2) is 67.4 Å². The Balaban J connectivity index is 0.771. The summed E-state index contributed by atoms with van der Waals surface area (Å²) in [5.74, 6) is -3.92. The van der Waals surface area contributed by atoms with Crippen LogP contribution in [0.3, 0.4) is 0 Å². The lowest BCUT2D eigenvalue weighted by Crippen LogP contribution is -2.42. The van der Waals surface area contributed by atoms with Crippen LogP contribution in [0.5, 0.6) is 0 Å². The Bertz CT molecular complexity index is 3460. The second-order valence-electron chi connectivity index (χ2n) is 19.1. The Hall–Kier alpha value is -10.4. The minimum atomic E-state index is -0.622. The van der Waals surface area contributed by atoms with Gasteiger partial charge in [0, 0.05) is 164 Å². The Morgan fingerprint density at radius 1 is 0.506 bits per heavy atom. The molecule has 81 heavy (non-hydrogen) atoms. The molecule has 6 aromatic heterocycles. The first-order valence-electron chi connectivity index (χ1n) is 25.2. The molecule has 0 bridgehead atoms. The molecule has 0 aromatic carbocycles. The van der Waals surface area contributed by atoms with Crippen LogP contribution in [0.25, 0.3) is 0 Å². The van der Waals surface area contributed by atoms with E-state index in [1.807, 2.05) is 0 Å². The molecule has 0 radical (unpaired) electrons. The van der Waals surface area contributed by atoms with Crippen molar-refractivity contribution in [3.05, 3.63) is 102 Å². The van der Waals surface area contributed by atoms with Crippen LogP contribution in [-0.4, -0.2) is 163 Å². The largest absolute Gasteiger partial charge is 0.367 e. The second kappa shape index (κ2) is 25.4. The highest BCUT2D eigenvalue weighted by Crippen LogP contribution is 2.20. The van der Waals surface area contributed by atoms with Crippen molar-refractivity contribution in [1.29, 1.82) is 0 Å².